The van der Waals surface area contributed by atoms with Crippen molar-refractivity contribution in [2.24, 2.45) is 0 Å². The maximum Gasteiger partial charge on any atom is 0.288 e. The van der Waals surface area contributed by atoms with Gasteiger partial charge in [-0.15, -0.1) is 10.2 Å². The first-order valence-electron chi connectivity index (χ1n) is 7.35. The van der Waals surface area contributed by atoms with Crippen molar-refractivity contribution in [1.29, 1.82) is 0 Å². The highest BCUT2D eigenvalue weighted by Gasteiger charge is 2.23. The first-order chi connectivity index (χ1) is 11.7. The average Bonchev–Trinajstić information content (AvgIpc) is 2.88. The molecule has 2 rings (SSSR count). The van der Waals surface area contributed by atoms with Crippen LogP contribution >= 0.6 is 23.5 Å². The smallest absolute Gasteiger partial charge is 0.288 e. The van der Waals surface area contributed by atoms with Gasteiger partial charge in [0, 0.05) is 16.0 Å². The van der Waals surface area contributed by atoms with Gasteiger partial charge in [0.2, 0.25) is 11.1 Å². The lowest BCUT2D eigenvalue weighted by atomic mass is 9.96. The Morgan fingerprint density at radius 1 is 1.28 bits per heavy atom. The fraction of sp³-hybridized carbons (Fsp3) is 0.400. The van der Waals surface area contributed by atoms with Crippen LogP contribution in [0.4, 0.5) is 14.5 Å². The lowest BCUT2D eigenvalue weighted by Crippen LogP contribution is -2.24. The summed E-state index contributed by atoms with van der Waals surface area (Å²) < 4.78 is 25.9. The summed E-state index contributed by atoms with van der Waals surface area (Å²) in [6.07, 6.45) is 0. The molecule has 0 saturated carbocycles. The van der Waals surface area contributed by atoms with Gasteiger partial charge in [0.25, 0.3) is 5.76 Å². The molecule has 0 fully saturated rings. The average molecular weight is 387 g/mol. The number of anilines is 1. The summed E-state index contributed by atoms with van der Waals surface area (Å²) in [5.74, 6) is 3.97. The van der Waals surface area contributed by atoms with Crippen LogP contribution in [-0.4, -0.2) is 32.3 Å². The number of nitrogens with zero attached hydrogens (tertiary/aromatic N) is 3. The Hall–Kier alpha value is -1.81. The van der Waals surface area contributed by atoms with Crippen LogP contribution in [0.15, 0.2) is 34.3 Å². The number of carbonyl (C=O) groups is 1. The number of amides is 1. The van der Waals surface area contributed by atoms with Crippen molar-refractivity contribution in [3.8, 4) is 0 Å². The Balaban J connectivity index is 1.90. The molecule has 0 atom stereocenters. The van der Waals surface area contributed by atoms with E-state index in [1.807, 2.05) is 20.8 Å². The lowest BCUT2D eigenvalue weighted by molar-refractivity contribution is -0.113. The highest BCUT2D eigenvalue weighted by molar-refractivity contribution is 8.00. The fourth-order valence-electron chi connectivity index (χ4n) is 1.93. The molecule has 0 aliphatic rings. The largest absolute Gasteiger partial charge is 0.336 e. The molecule has 10 heteroatoms. The van der Waals surface area contributed by atoms with E-state index in [-0.39, 0.29) is 17.1 Å². The van der Waals surface area contributed by atoms with Crippen LogP contribution in [0.2, 0.25) is 0 Å². The molecule has 6 nitrogen and oxygen atoms in total. The van der Waals surface area contributed by atoms with E-state index in [0.29, 0.717) is 33.3 Å². The minimum atomic E-state index is -2.47. The van der Waals surface area contributed by atoms with Crippen molar-refractivity contribution in [3.05, 3.63) is 30.1 Å². The molecule has 1 aromatic carbocycles. The molecule has 1 heterocycles. The summed E-state index contributed by atoms with van der Waals surface area (Å²) >= 11 is 1.63. The summed E-state index contributed by atoms with van der Waals surface area (Å²) in [6.45, 7) is 5.91. The van der Waals surface area contributed by atoms with Crippen LogP contribution in [0, 0.1) is 0 Å². The first-order valence-corrected chi connectivity index (χ1v) is 9.22. The maximum absolute atomic E-state index is 12.3. The number of nitrogens with one attached hydrogen (secondary N) is 1. The van der Waals surface area contributed by atoms with Crippen molar-refractivity contribution in [3.63, 3.8) is 0 Å². The van der Waals surface area contributed by atoms with Crippen LogP contribution in [-0.2, 0) is 10.2 Å². The Labute approximate surface area is 152 Å². The van der Waals surface area contributed by atoms with Gasteiger partial charge in [0.1, 0.15) is 0 Å². The summed E-state index contributed by atoms with van der Waals surface area (Å²) in [5.41, 5.74) is 0.287. The molecule has 25 heavy (non-hydrogen) atoms. The van der Waals surface area contributed by atoms with E-state index in [0.717, 1.165) is 0 Å². The number of thioether (sulfide) groups is 2. The van der Waals surface area contributed by atoms with Gasteiger partial charge in [-0.2, -0.15) is 8.78 Å². The normalized spacial score (nSPS) is 11.8. The molecule has 0 bridgehead atoms. The van der Waals surface area contributed by atoms with Crippen LogP contribution in [0.25, 0.3) is 0 Å². The molecule has 0 radical (unpaired) electrons. The number of hydrogen-bond acceptors (Lipinski definition) is 6. The molecule has 0 aliphatic heterocycles. The van der Waals surface area contributed by atoms with Crippen molar-refractivity contribution < 1.29 is 13.6 Å². The molecule has 0 unspecified atom stereocenters. The zero-order valence-electron chi connectivity index (χ0n) is 14.0. The molecular weight excluding hydrogens is 368 g/mol. The Bertz CT molecular complexity index is 729. The summed E-state index contributed by atoms with van der Waals surface area (Å²) in [5, 5.41) is 11.2. The van der Waals surface area contributed by atoms with E-state index in [1.54, 1.807) is 12.1 Å². The molecule has 1 aromatic heterocycles. The van der Waals surface area contributed by atoms with Gasteiger partial charge >= 0.3 is 0 Å². The highest BCUT2D eigenvalue weighted by Crippen LogP contribution is 2.26. The number of hydrogen-bond donors (Lipinski definition) is 2. The van der Waals surface area contributed by atoms with E-state index in [9.17, 15) is 13.6 Å². The molecule has 0 spiro atoms. The molecule has 0 aliphatic carbocycles. The van der Waals surface area contributed by atoms with Gasteiger partial charge in [-0.1, -0.05) is 44.3 Å². The minimum absolute atomic E-state index is 0.104. The Morgan fingerprint density at radius 3 is 2.44 bits per heavy atom. The summed E-state index contributed by atoms with van der Waals surface area (Å²) in [4.78, 5) is 12.4. The second-order valence-corrected chi connectivity index (χ2v) is 8.17. The molecule has 1 amide bonds. The molecule has 3 N–H and O–H groups in total. The second-order valence-electron chi connectivity index (χ2n) is 6.17. The first kappa shape index (κ1) is 19.5. The van der Waals surface area contributed by atoms with Crippen molar-refractivity contribution >= 4 is 35.1 Å². The number of aromatic nitrogens is 3. The van der Waals surface area contributed by atoms with Crippen molar-refractivity contribution in [2.45, 2.75) is 42.0 Å². The Kier molecular flexibility index (Phi) is 6.28. The van der Waals surface area contributed by atoms with Gasteiger partial charge < -0.3 is 11.2 Å². The minimum Gasteiger partial charge on any atom is -0.336 e. The number of rotatable bonds is 6. The van der Waals surface area contributed by atoms with E-state index in [4.69, 9.17) is 5.84 Å². The number of benzene rings is 1. The molecule has 2 aromatic rings. The summed E-state index contributed by atoms with van der Waals surface area (Å²) in [6, 6.07) is 6.23. The van der Waals surface area contributed by atoms with E-state index >= 15 is 0 Å². The van der Waals surface area contributed by atoms with E-state index in [1.165, 1.54) is 28.6 Å². The fourth-order valence-corrected chi connectivity index (χ4v) is 3.09. The van der Waals surface area contributed by atoms with Gasteiger partial charge in [-0.25, -0.2) is 4.68 Å². The highest BCUT2D eigenvalue weighted by atomic mass is 32.2. The third kappa shape index (κ3) is 5.60. The number of nitrogens with two attached hydrogens (primary N) is 1. The quantitative estimate of drug-likeness (QED) is 0.584. The molecule has 0 saturated heterocycles. The zero-order valence-corrected chi connectivity index (χ0v) is 15.6. The molecule has 136 valence electrons. The van der Waals surface area contributed by atoms with E-state index in [2.05, 4.69) is 15.5 Å². The number of halogens is 2. The number of alkyl halides is 2. The van der Waals surface area contributed by atoms with Gasteiger partial charge in [-0.3, -0.25) is 4.79 Å². The monoisotopic (exact) mass is 387 g/mol. The zero-order chi connectivity index (χ0) is 18.6. The van der Waals surface area contributed by atoms with E-state index < -0.39 is 5.76 Å². The second kappa shape index (κ2) is 8.05. The van der Waals surface area contributed by atoms with Gasteiger partial charge in [0.05, 0.1) is 5.75 Å². The Morgan fingerprint density at radius 2 is 1.92 bits per heavy atom. The predicted molar refractivity (Wildman–Crippen MR) is 96.5 cm³/mol. The summed E-state index contributed by atoms with van der Waals surface area (Å²) in [7, 11) is 0. The topological polar surface area (TPSA) is 85.8 Å². The van der Waals surface area contributed by atoms with Crippen molar-refractivity contribution in [2.75, 3.05) is 16.9 Å². The van der Waals surface area contributed by atoms with Crippen LogP contribution < -0.4 is 11.2 Å². The van der Waals surface area contributed by atoms with Crippen LogP contribution in [0.3, 0.4) is 0 Å². The maximum atomic E-state index is 12.3. The third-order valence-electron chi connectivity index (χ3n) is 3.03. The number of nitrogen functional groups attached to an aromatic ring is 1. The van der Waals surface area contributed by atoms with Crippen LogP contribution in [0.5, 0.6) is 0 Å². The van der Waals surface area contributed by atoms with Gasteiger partial charge in [0.15, 0.2) is 5.82 Å². The predicted octanol–water partition coefficient (Wildman–Crippen LogP) is 3.33. The number of carbonyl (C=O) groups excluding carboxylic acids is 1. The van der Waals surface area contributed by atoms with Crippen molar-refractivity contribution in [1.82, 2.24) is 14.9 Å². The standard InChI is InChI=1S/C15H19F2N5OS2/c1-15(2,3)12-20-21-14(22(12)18)24-8-11(23)19-9-4-6-10(7-5-9)25-13(16)17/h4-7,13H,8,18H2,1-3H3,(H,19,23). The third-order valence-corrected chi connectivity index (χ3v) is 4.70. The van der Waals surface area contributed by atoms with Gasteiger partial charge in [-0.05, 0) is 24.3 Å². The van der Waals surface area contributed by atoms with Crippen LogP contribution in [0.1, 0.15) is 26.6 Å². The SMILES string of the molecule is CC(C)(C)c1nnc(SCC(=O)Nc2ccc(SC(F)F)cc2)n1N. The lowest BCUT2D eigenvalue weighted by Gasteiger charge is -2.16. The molecular formula is C15H19F2N5OS2.